The van der Waals surface area contributed by atoms with Crippen LogP contribution in [0.1, 0.15) is 69.5 Å². The Morgan fingerprint density at radius 3 is 2.55 bits per heavy atom. The molecule has 0 radical (unpaired) electrons. The Balaban J connectivity index is 1.49. The second-order valence-corrected chi connectivity index (χ2v) is 11.6. The number of hydrogen-bond acceptors (Lipinski definition) is 8. The molecule has 1 aliphatic rings. The van der Waals surface area contributed by atoms with Gasteiger partial charge in [-0.2, -0.15) is 18.3 Å². The van der Waals surface area contributed by atoms with Gasteiger partial charge in [0.05, 0.1) is 28.1 Å². The fourth-order valence-electron chi connectivity index (χ4n) is 5.23. The molecular weight excluding hydrogens is 635 g/mol. The minimum Gasteiger partial charge on any atom is -0.396 e. The van der Waals surface area contributed by atoms with E-state index in [-0.39, 0.29) is 29.5 Å². The molecule has 1 atom stereocenters. The number of piperidine rings is 1. The first kappa shape index (κ1) is 35.8. The molecule has 0 aromatic heterocycles. The van der Waals surface area contributed by atoms with Crippen molar-refractivity contribution in [2.24, 2.45) is 10.9 Å². The molecule has 1 saturated heterocycles. The average molecular weight is 674 g/mol. The van der Waals surface area contributed by atoms with Crippen molar-refractivity contribution in [3.05, 3.63) is 93.5 Å². The topological polar surface area (TPSA) is 144 Å². The molecular formula is C33H39ClF3N7O3. The predicted octanol–water partition coefficient (Wildman–Crippen LogP) is 5.06. The van der Waals surface area contributed by atoms with Crippen LogP contribution < -0.4 is 32.2 Å². The second kappa shape index (κ2) is 17.2. The lowest BCUT2D eigenvalue weighted by Crippen LogP contribution is -2.42. The molecule has 2 amide bonds. The van der Waals surface area contributed by atoms with E-state index in [2.05, 4.69) is 31.5 Å². The van der Waals surface area contributed by atoms with Crippen LogP contribution in [0.3, 0.4) is 0 Å². The molecule has 1 unspecified atom stereocenters. The highest BCUT2D eigenvalue weighted by Crippen LogP contribution is 2.35. The molecule has 0 spiro atoms. The number of carbonyl (C=O) groups excluding carboxylic acids is 2. The van der Waals surface area contributed by atoms with E-state index in [0.717, 1.165) is 62.0 Å². The molecule has 252 valence electrons. The molecule has 1 aliphatic heterocycles. The van der Waals surface area contributed by atoms with Gasteiger partial charge in [-0.15, -0.1) is 0 Å². The number of benzene rings is 3. The van der Waals surface area contributed by atoms with Crippen molar-refractivity contribution >= 4 is 41.0 Å². The summed E-state index contributed by atoms with van der Waals surface area (Å²) in [6, 6.07) is 15.5. The minimum atomic E-state index is -4.64. The SMILES string of the molecule is NNC(CCCO)CNCc1cccc(C(=O)Nc2ccc(N3CCCCC3)cc2C(=O)NN=Cc2ccc(Cl)c(C(F)(F)F)c2)c1. The summed E-state index contributed by atoms with van der Waals surface area (Å²) in [6.07, 6.45) is 0.937. The summed E-state index contributed by atoms with van der Waals surface area (Å²) in [6.45, 7) is 2.79. The smallest absolute Gasteiger partial charge is 0.396 e. The largest absolute Gasteiger partial charge is 0.417 e. The van der Waals surface area contributed by atoms with Crippen LogP contribution in [0.5, 0.6) is 0 Å². The Bertz CT molecular complexity index is 1550. The van der Waals surface area contributed by atoms with E-state index in [4.69, 9.17) is 22.6 Å². The number of anilines is 2. The van der Waals surface area contributed by atoms with Gasteiger partial charge >= 0.3 is 6.18 Å². The summed E-state index contributed by atoms with van der Waals surface area (Å²) >= 11 is 5.70. The Morgan fingerprint density at radius 1 is 1.04 bits per heavy atom. The minimum absolute atomic E-state index is 0.0148. The van der Waals surface area contributed by atoms with Gasteiger partial charge in [0.15, 0.2) is 0 Å². The van der Waals surface area contributed by atoms with E-state index >= 15 is 0 Å². The zero-order chi connectivity index (χ0) is 33.8. The number of nitrogens with two attached hydrogens (primary N) is 1. The third-order valence-corrected chi connectivity index (χ3v) is 8.08. The standard InChI is InChI=1S/C33H39ClF3N7O3/c34-29-11-9-23(17-28(29)33(35,36)37)20-40-43-32(47)27-18-26(44-13-2-1-3-14-44)10-12-30(27)41-31(46)24-7-4-6-22(16-24)19-39-21-25(42-38)8-5-15-45/h4,6-7,9-12,16-18,20,25,39,42,45H,1-3,5,8,13-15,19,21,38H2,(H,41,46)(H,43,47). The molecule has 10 nitrogen and oxygen atoms in total. The molecule has 14 heteroatoms. The number of hydrogen-bond donors (Lipinski definition) is 6. The Labute approximate surface area is 276 Å². The van der Waals surface area contributed by atoms with E-state index in [0.29, 0.717) is 31.5 Å². The van der Waals surface area contributed by atoms with Crippen molar-refractivity contribution < 1.29 is 27.9 Å². The summed E-state index contributed by atoms with van der Waals surface area (Å²) in [7, 11) is 0. The molecule has 47 heavy (non-hydrogen) atoms. The number of amides is 2. The van der Waals surface area contributed by atoms with Crippen molar-refractivity contribution in [2.45, 2.75) is 50.9 Å². The van der Waals surface area contributed by atoms with Crippen LogP contribution in [-0.2, 0) is 12.7 Å². The van der Waals surface area contributed by atoms with Crippen LogP contribution in [0.25, 0.3) is 0 Å². The zero-order valence-corrected chi connectivity index (χ0v) is 26.5. The van der Waals surface area contributed by atoms with Gasteiger partial charge in [-0.25, -0.2) is 5.43 Å². The van der Waals surface area contributed by atoms with Crippen LogP contribution in [0.2, 0.25) is 5.02 Å². The van der Waals surface area contributed by atoms with Crippen molar-refractivity contribution in [2.75, 3.05) is 36.5 Å². The highest BCUT2D eigenvalue weighted by molar-refractivity contribution is 6.31. The van der Waals surface area contributed by atoms with Gasteiger partial charge in [-0.1, -0.05) is 29.8 Å². The average Bonchev–Trinajstić information content (AvgIpc) is 3.07. The summed E-state index contributed by atoms with van der Waals surface area (Å²) in [4.78, 5) is 28.9. The Hall–Kier alpha value is -4.01. The summed E-state index contributed by atoms with van der Waals surface area (Å²) in [5.41, 5.74) is 6.62. The van der Waals surface area contributed by atoms with Crippen LogP contribution in [0.15, 0.2) is 65.8 Å². The third-order valence-electron chi connectivity index (χ3n) is 7.75. The van der Waals surface area contributed by atoms with Crippen molar-refractivity contribution in [1.29, 1.82) is 0 Å². The van der Waals surface area contributed by atoms with Crippen LogP contribution in [0.4, 0.5) is 24.5 Å². The van der Waals surface area contributed by atoms with E-state index in [1.165, 1.54) is 6.07 Å². The Kier molecular flexibility index (Phi) is 13.1. The van der Waals surface area contributed by atoms with Gasteiger partial charge in [0.1, 0.15) is 0 Å². The Morgan fingerprint density at radius 2 is 1.83 bits per heavy atom. The predicted molar refractivity (Wildman–Crippen MR) is 178 cm³/mol. The first-order valence-electron chi connectivity index (χ1n) is 15.4. The van der Waals surface area contributed by atoms with Gasteiger partial charge < -0.3 is 20.6 Å². The summed E-state index contributed by atoms with van der Waals surface area (Å²) in [5, 5.41) is 18.6. The first-order valence-corrected chi connectivity index (χ1v) is 15.7. The number of aliphatic hydroxyl groups is 1. The molecule has 0 aliphatic carbocycles. The number of rotatable bonds is 14. The number of hydrazone groups is 1. The molecule has 0 bridgehead atoms. The second-order valence-electron chi connectivity index (χ2n) is 11.2. The lowest BCUT2D eigenvalue weighted by Gasteiger charge is -2.29. The number of alkyl halides is 3. The molecule has 1 heterocycles. The highest BCUT2D eigenvalue weighted by atomic mass is 35.5. The lowest BCUT2D eigenvalue weighted by molar-refractivity contribution is -0.137. The quantitative estimate of drug-likeness (QED) is 0.0798. The van der Waals surface area contributed by atoms with Crippen LogP contribution >= 0.6 is 11.6 Å². The molecule has 3 aromatic rings. The third kappa shape index (κ3) is 10.5. The monoisotopic (exact) mass is 673 g/mol. The zero-order valence-electron chi connectivity index (χ0n) is 25.7. The summed E-state index contributed by atoms with van der Waals surface area (Å²) in [5.74, 6) is 4.51. The highest BCUT2D eigenvalue weighted by Gasteiger charge is 2.33. The molecule has 0 saturated carbocycles. The maximum absolute atomic E-state index is 13.4. The van der Waals surface area contributed by atoms with Crippen LogP contribution in [0, 0.1) is 0 Å². The lowest BCUT2D eigenvalue weighted by atomic mass is 10.1. The molecule has 4 rings (SSSR count). The van der Waals surface area contributed by atoms with Gasteiger partial charge in [0.25, 0.3) is 11.8 Å². The molecule has 7 N–H and O–H groups in total. The normalized spacial score (nSPS) is 14.3. The van der Waals surface area contributed by atoms with E-state index in [1.54, 1.807) is 30.3 Å². The van der Waals surface area contributed by atoms with Crippen LogP contribution in [-0.4, -0.2) is 55.4 Å². The van der Waals surface area contributed by atoms with Gasteiger partial charge in [-0.05, 0) is 85.7 Å². The molecule has 1 fully saturated rings. The van der Waals surface area contributed by atoms with E-state index < -0.39 is 28.6 Å². The number of halogens is 4. The molecule has 3 aromatic carbocycles. The van der Waals surface area contributed by atoms with Gasteiger partial charge in [0.2, 0.25) is 0 Å². The first-order chi connectivity index (χ1) is 22.6. The number of aliphatic hydroxyl groups excluding tert-OH is 1. The number of hydrazine groups is 1. The maximum Gasteiger partial charge on any atom is 0.417 e. The van der Waals surface area contributed by atoms with E-state index in [9.17, 15) is 22.8 Å². The van der Waals surface area contributed by atoms with Crippen molar-refractivity contribution in [3.8, 4) is 0 Å². The van der Waals surface area contributed by atoms with Gasteiger partial charge in [0, 0.05) is 50.1 Å². The van der Waals surface area contributed by atoms with E-state index in [1.807, 2.05) is 12.1 Å². The number of nitrogens with zero attached hydrogens (tertiary/aromatic N) is 2. The van der Waals surface area contributed by atoms with Crippen molar-refractivity contribution in [1.82, 2.24) is 16.2 Å². The fraction of sp³-hybridized carbons (Fsp3) is 0.364. The van der Waals surface area contributed by atoms with Gasteiger partial charge in [-0.3, -0.25) is 20.9 Å². The number of carbonyl (C=O) groups is 2. The maximum atomic E-state index is 13.4. The summed E-state index contributed by atoms with van der Waals surface area (Å²) < 4.78 is 39.8. The van der Waals surface area contributed by atoms with Crippen molar-refractivity contribution in [3.63, 3.8) is 0 Å². The fourth-order valence-corrected chi connectivity index (χ4v) is 5.46. The number of nitrogens with one attached hydrogen (secondary N) is 4.